The van der Waals surface area contributed by atoms with Crippen LogP contribution in [0.2, 0.25) is 0 Å². The second kappa shape index (κ2) is 10.5. The standard InChI is InChI=1S/C23H30N2.2C2H6/c1-14-9-16(3)22(17(4)10-14)24-13-20(7)25(21(24)8)23-18(5)11-15(2)12-19(23)6;2*1-2/h9-13,21H,1-8H3;2*1-2H3. The Hall–Kier alpha value is -2.22. The van der Waals surface area contributed by atoms with Crippen LogP contribution in [0.3, 0.4) is 0 Å². The molecule has 3 rings (SSSR count). The van der Waals surface area contributed by atoms with Crippen LogP contribution in [-0.2, 0) is 0 Å². The fourth-order valence-corrected chi connectivity index (χ4v) is 4.54. The van der Waals surface area contributed by atoms with Crippen molar-refractivity contribution >= 4 is 11.4 Å². The van der Waals surface area contributed by atoms with Gasteiger partial charge in [-0.15, -0.1) is 0 Å². The second-order valence-electron chi connectivity index (χ2n) is 7.67. The van der Waals surface area contributed by atoms with Gasteiger partial charge in [-0.1, -0.05) is 63.1 Å². The van der Waals surface area contributed by atoms with Gasteiger partial charge in [0.05, 0.1) is 0 Å². The Morgan fingerprint density at radius 2 is 0.931 bits per heavy atom. The molecule has 1 atom stereocenters. The van der Waals surface area contributed by atoms with Gasteiger partial charge in [0.1, 0.15) is 6.17 Å². The van der Waals surface area contributed by atoms with E-state index in [-0.39, 0.29) is 6.17 Å². The summed E-state index contributed by atoms with van der Waals surface area (Å²) >= 11 is 0. The molecule has 1 aliphatic heterocycles. The maximum Gasteiger partial charge on any atom is 0.107 e. The number of anilines is 2. The first kappa shape index (κ1) is 24.8. The topological polar surface area (TPSA) is 6.48 Å². The lowest BCUT2D eigenvalue weighted by molar-refractivity contribution is 0.730. The Morgan fingerprint density at radius 1 is 0.586 bits per heavy atom. The van der Waals surface area contributed by atoms with Crippen molar-refractivity contribution in [2.75, 3.05) is 9.80 Å². The van der Waals surface area contributed by atoms with E-state index < -0.39 is 0 Å². The predicted molar refractivity (Wildman–Crippen MR) is 132 cm³/mol. The molecule has 0 amide bonds. The third-order valence-electron chi connectivity index (χ3n) is 5.25. The summed E-state index contributed by atoms with van der Waals surface area (Å²) < 4.78 is 0. The summed E-state index contributed by atoms with van der Waals surface area (Å²) in [5, 5.41) is 0. The van der Waals surface area contributed by atoms with Crippen LogP contribution in [0.4, 0.5) is 11.4 Å². The number of rotatable bonds is 2. The van der Waals surface area contributed by atoms with Crippen LogP contribution in [0.5, 0.6) is 0 Å². The highest BCUT2D eigenvalue weighted by Gasteiger charge is 2.31. The maximum atomic E-state index is 2.48. The van der Waals surface area contributed by atoms with E-state index in [0.717, 1.165) is 0 Å². The molecule has 0 bridgehead atoms. The summed E-state index contributed by atoms with van der Waals surface area (Å²) in [6.07, 6.45) is 2.56. The highest BCUT2D eigenvalue weighted by Crippen LogP contribution is 2.39. The first-order valence-corrected chi connectivity index (χ1v) is 11.1. The molecule has 0 spiro atoms. The molecule has 1 heterocycles. The van der Waals surface area contributed by atoms with Crippen molar-refractivity contribution in [1.82, 2.24) is 0 Å². The second-order valence-corrected chi connectivity index (χ2v) is 7.67. The lowest BCUT2D eigenvalue weighted by atomic mass is 10.0. The van der Waals surface area contributed by atoms with Gasteiger partial charge in [0, 0.05) is 23.3 Å². The fraction of sp³-hybridized carbons (Fsp3) is 0.481. The lowest BCUT2D eigenvalue weighted by Crippen LogP contribution is -2.38. The average Bonchev–Trinajstić information content (AvgIpc) is 2.92. The SMILES string of the molecule is CC.CC.CC1=CN(c2c(C)cc(C)cc2C)C(C)N1c1c(C)cc(C)cc1C. The van der Waals surface area contributed by atoms with Gasteiger partial charge in [0.2, 0.25) is 0 Å². The van der Waals surface area contributed by atoms with Gasteiger partial charge < -0.3 is 9.80 Å². The Bertz CT molecular complexity index is 815. The Labute approximate surface area is 180 Å². The van der Waals surface area contributed by atoms with Crippen molar-refractivity contribution in [2.45, 2.75) is 89.3 Å². The van der Waals surface area contributed by atoms with E-state index in [1.165, 1.54) is 50.5 Å². The van der Waals surface area contributed by atoms with E-state index in [1.807, 2.05) is 27.7 Å². The summed E-state index contributed by atoms with van der Waals surface area (Å²) in [5.41, 5.74) is 12.0. The maximum absolute atomic E-state index is 2.48. The van der Waals surface area contributed by atoms with E-state index in [9.17, 15) is 0 Å². The van der Waals surface area contributed by atoms with Gasteiger partial charge in [-0.2, -0.15) is 0 Å². The van der Waals surface area contributed by atoms with Crippen LogP contribution >= 0.6 is 0 Å². The summed E-state index contributed by atoms with van der Waals surface area (Å²) in [5.74, 6) is 0. The zero-order valence-corrected chi connectivity index (χ0v) is 20.9. The molecule has 29 heavy (non-hydrogen) atoms. The van der Waals surface area contributed by atoms with Crippen LogP contribution < -0.4 is 9.80 Å². The summed E-state index contributed by atoms with van der Waals surface area (Å²) in [6, 6.07) is 9.13. The molecule has 0 aliphatic carbocycles. The van der Waals surface area contributed by atoms with Gasteiger partial charge >= 0.3 is 0 Å². The first-order chi connectivity index (χ1) is 13.7. The normalized spacial score (nSPS) is 15.3. The molecule has 0 saturated heterocycles. The molecule has 0 N–H and O–H groups in total. The van der Waals surface area contributed by atoms with Crippen LogP contribution in [-0.4, -0.2) is 6.17 Å². The number of allylic oxidation sites excluding steroid dienone is 1. The predicted octanol–water partition coefficient (Wildman–Crippen LogP) is 8.12. The molecular formula is C27H42N2. The molecule has 2 nitrogen and oxygen atoms in total. The van der Waals surface area contributed by atoms with E-state index in [4.69, 9.17) is 0 Å². The minimum Gasteiger partial charge on any atom is -0.325 e. The molecule has 2 aromatic carbocycles. The molecule has 0 fully saturated rings. The Morgan fingerprint density at radius 3 is 1.31 bits per heavy atom. The van der Waals surface area contributed by atoms with Crippen LogP contribution in [0.15, 0.2) is 36.2 Å². The van der Waals surface area contributed by atoms with Gasteiger partial charge in [0.15, 0.2) is 0 Å². The Kier molecular flexibility index (Phi) is 9.01. The van der Waals surface area contributed by atoms with Crippen molar-refractivity contribution in [3.8, 4) is 0 Å². The number of hydrogen-bond donors (Lipinski definition) is 0. The number of nitrogens with zero attached hydrogens (tertiary/aromatic N) is 2. The zero-order chi connectivity index (χ0) is 22.5. The minimum absolute atomic E-state index is 0.264. The minimum atomic E-state index is 0.264. The van der Waals surface area contributed by atoms with Crippen LogP contribution in [0, 0.1) is 41.5 Å². The molecule has 2 heteroatoms. The lowest BCUT2D eigenvalue weighted by Gasteiger charge is -2.34. The smallest absolute Gasteiger partial charge is 0.107 e. The molecule has 0 aromatic heterocycles. The van der Waals surface area contributed by atoms with E-state index in [0.29, 0.717) is 0 Å². The molecule has 160 valence electrons. The summed E-state index contributed by atoms with van der Waals surface area (Å²) in [6.45, 7) is 25.7. The Balaban J connectivity index is 0.000000989. The van der Waals surface area contributed by atoms with Gasteiger partial charge in [-0.05, 0) is 77.6 Å². The third kappa shape index (κ3) is 5.04. The molecule has 0 radical (unpaired) electrons. The van der Waals surface area contributed by atoms with Crippen molar-refractivity contribution in [1.29, 1.82) is 0 Å². The van der Waals surface area contributed by atoms with Crippen molar-refractivity contribution in [3.63, 3.8) is 0 Å². The van der Waals surface area contributed by atoms with Crippen LogP contribution in [0.1, 0.15) is 74.9 Å². The summed E-state index contributed by atoms with van der Waals surface area (Å²) in [7, 11) is 0. The van der Waals surface area contributed by atoms with Crippen LogP contribution in [0.25, 0.3) is 0 Å². The van der Waals surface area contributed by atoms with Crippen molar-refractivity contribution < 1.29 is 0 Å². The molecule has 2 aromatic rings. The molecule has 1 unspecified atom stereocenters. The fourth-order valence-electron chi connectivity index (χ4n) is 4.54. The third-order valence-corrected chi connectivity index (χ3v) is 5.25. The van der Waals surface area contributed by atoms with E-state index >= 15 is 0 Å². The van der Waals surface area contributed by atoms with Crippen molar-refractivity contribution in [3.05, 3.63) is 69.5 Å². The number of aryl methyl sites for hydroxylation is 6. The zero-order valence-electron chi connectivity index (χ0n) is 20.9. The molecular weight excluding hydrogens is 352 g/mol. The largest absolute Gasteiger partial charge is 0.325 e. The number of hydrogen-bond acceptors (Lipinski definition) is 2. The van der Waals surface area contributed by atoms with E-state index in [2.05, 4.69) is 95.7 Å². The highest BCUT2D eigenvalue weighted by atomic mass is 15.4. The quantitative estimate of drug-likeness (QED) is 0.507. The van der Waals surface area contributed by atoms with E-state index in [1.54, 1.807) is 0 Å². The van der Waals surface area contributed by atoms with Gasteiger partial charge in [0.25, 0.3) is 0 Å². The molecule has 0 saturated carbocycles. The average molecular weight is 395 g/mol. The highest BCUT2D eigenvalue weighted by molar-refractivity contribution is 5.72. The van der Waals surface area contributed by atoms with Gasteiger partial charge in [-0.25, -0.2) is 0 Å². The van der Waals surface area contributed by atoms with Gasteiger partial charge in [-0.3, -0.25) is 0 Å². The first-order valence-electron chi connectivity index (χ1n) is 11.1. The monoisotopic (exact) mass is 394 g/mol. The number of benzene rings is 2. The molecule has 1 aliphatic rings. The van der Waals surface area contributed by atoms with Crippen molar-refractivity contribution in [2.24, 2.45) is 0 Å². The summed E-state index contributed by atoms with van der Waals surface area (Å²) in [4.78, 5) is 4.90.